The SMILES string of the molecule is CC(=O)Cn1ncc2c1-c1ccccc1OC2. The number of aromatic nitrogens is 2. The van der Waals surface area contributed by atoms with Gasteiger partial charge in [0.15, 0.2) is 5.78 Å². The van der Waals surface area contributed by atoms with Crippen molar-refractivity contribution in [3.05, 3.63) is 36.0 Å². The zero-order valence-electron chi connectivity index (χ0n) is 9.51. The molecule has 1 aromatic carbocycles. The van der Waals surface area contributed by atoms with Gasteiger partial charge in [0.05, 0.1) is 18.4 Å². The van der Waals surface area contributed by atoms with Gasteiger partial charge in [-0.25, -0.2) is 0 Å². The van der Waals surface area contributed by atoms with Crippen molar-refractivity contribution in [3.8, 4) is 17.0 Å². The van der Waals surface area contributed by atoms with Crippen molar-refractivity contribution in [2.24, 2.45) is 0 Å². The largest absolute Gasteiger partial charge is 0.488 e. The van der Waals surface area contributed by atoms with E-state index in [0.29, 0.717) is 13.2 Å². The number of carbonyl (C=O) groups is 1. The molecule has 0 unspecified atom stereocenters. The average molecular weight is 228 g/mol. The smallest absolute Gasteiger partial charge is 0.151 e. The van der Waals surface area contributed by atoms with Gasteiger partial charge in [-0.05, 0) is 19.1 Å². The third-order valence-corrected chi connectivity index (χ3v) is 2.81. The fourth-order valence-electron chi connectivity index (χ4n) is 2.12. The van der Waals surface area contributed by atoms with Crippen LogP contribution in [0.15, 0.2) is 30.5 Å². The number of Topliss-reactive ketones (excluding diaryl/α,β-unsaturated/α-hetero) is 1. The number of rotatable bonds is 2. The Balaban J connectivity index is 2.15. The van der Waals surface area contributed by atoms with Gasteiger partial charge in [0, 0.05) is 11.1 Å². The first-order valence-electron chi connectivity index (χ1n) is 5.52. The van der Waals surface area contributed by atoms with E-state index in [9.17, 15) is 4.79 Å². The lowest BCUT2D eigenvalue weighted by Gasteiger charge is -2.18. The molecule has 0 saturated heterocycles. The fraction of sp³-hybridized carbons (Fsp3) is 0.231. The maximum atomic E-state index is 11.2. The van der Waals surface area contributed by atoms with Crippen molar-refractivity contribution in [2.75, 3.05) is 0 Å². The summed E-state index contributed by atoms with van der Waals surface area (Å²) in [6, 6.07) is 7.83. The highest BCUT2D eigenvalue weighted by molar-refractivity contribution is 5.78. The number of benzene rings is 1. The molecule has 0 spiro atoms. The highest BCUT2D eigenvalue weighted by Crippen LogP contribution is 2.36. The number of nitrogens with zero attached hydrogens (tertiary/aromatic N) is 2. The van der Waals surface area contributed by atoms with E-state index in [-0.39, 0.29) is 5.78 Å². The Kier molecular flexibility index (Phi) is 2.21. The average Bonchev–Trinajstić information content (AvgIpc) is 2.72. The second kappa shape index (κ2) is 3.73. The van der Waals surface area contributed by atoms with Gasteiger partial charge in [-0.2, -0.15) is 5.10 Å². The number of hydrogen-bond donors (Lipinski definition) is 0. The molecule has 2 aromatic rings. The maximum Gasteiger partial charge on any atom is 0.151 e. The van der Waals surface area contributed by atoms with E-state index >= 15 is 0 Å². The number of hydrogen-bond acceptors (Lipinski definition) is 3. The van der Waals surface area contributed by atoms with Crippen LogP contribution < -0.4 is 4.74 Å². The summed E-state index contributed by atoms with van der Waals surface area (Å²) in [6.07, 6.45) is 1.77. The molecule has 1 aromatic heterocycles. The van der Waals surface area contributed by atoms with Gasteiger partial charge < -0.3 is 4.74 Å². The quantitative estimate of drug-likeness (QED) is 0.790. The molecule has 1 aliphatic rings. The summed E-state index contributed by atoms with van der Waals surface area (Å²) < 4.78 is 7.38. The molecule has 0 saturated carbocycles. The summed E-state index contributed by atoms with van der Waals surface area (Å²) >= 11 is 0. The highest BCUT2D eigenvalue weighted by atomic mass is 16.5. The van der Waals surface area contributed by atoms with E-state index in [0.717, 1.165) is 22.6 Å². The predicted octanol–water partition coefficient (Wildman–Crippen LogP) is 2.03. The second-order valence-electron chi connectivity index (χ2n) is 4.16. The summed E-state index contributed by atoms with van der Waals surface area (Å²) in [5.74, 6) is 0.949. The molecule has 4 heteroatoms. The summed E-state index contributed by atoms with van der Waals surface area (Å²) in [6.45, 7) is 2.40. The van der Waals surface area contributed by atoms with Crippen molar-refractivity contribution in [1.29, 1.82) is 0 Å². The lowest BCUT2D eigenvalue weighted by molar-refractivity contribution is -0.117. The van der Waals surface area contributed by atoms with Gasteiger partial charge in [-0.1, -0.05) is 12.1 Å². The first-order valence-corrected chi connectivity index (χ1v) is 5.52. The summed E-state index contributed by atoms with van der Waals surface area (Å²) in [4.78, 5) is 11.2. The molecule has 0 bridgehead atoms. The Morgan fingerprint density at radius 1 is 1.47 bits per heavy atom. The molecule has 17 heavy (non-hydrogen) atoms. The van der Waals surface area contributed by atoms with Crippen LogP contribution in [0.1, 0.15) is 12.5 Å². The summed E-state index contributed by atoms with van der Waals surface area (Å²) in [7, 11) is 0. The Hall–Kier alpha value is -2.10. The van der Waals surface area contributed by atoms with Crippen LogP contribution in [0.2, 0.25) is 0 Å². The highest BCUT2D eigenvalue weighted by Gasteiger charge is 2.21. The normalized spacial score (nSPS) is 12.5. The van der Waals surface area contributed by atoms with Crippen LogP contribution in [0.3, 0.4) is 0 Å². The molecule has 86 valence electrons. The molecule has 1 aliphatic heterocycles. The van der Waals surface area contributed by atoms with Crippen molar-refractivity contribution in [1.82, 2.24) is 9.78 Å². The van der Waals surface area contributed by atoms with E-state index < -0.39 is 0 Å². The van der Waals surface area contributed by atoms with Crippen molar-refractivity contribution >= 4 is 5.78 Å². The number of para-hydroxylation sites is 1. The molecule has 0 radical (unpaired) electrons. The Morgan fingerprint density at radius 3 is 3.12 bits per heavy atom. The Labute approximate surface area is 98.8 Å². The van der Waals surface area contributed by atoms with Gasteiger partial charge in [0.25, 0.3) is 0 Å². The maximum absolute atomic E-state index is 11.2. The first-order chi connectivity index (χ1) is 8.25. The standard InChI is InChI=1S/C13H12N2O2/c1-9(16)7-15-13-10(6-14-15)8-17-12-5-3-2-4-11(12)13/h2-6H,7-8H2,1H3. The summed E-state index contributed by atoms with van der Waals surface area (Å²) in [5, 5.41) is 4.25. The molecule has 3 rings (SSSR count). The molecule has 0 amide bonds. The van der Waals surface area contributed by atoms with Crippen LogP contribution in [-0.4, -0.2) is 15.6 Å². The van der Waals surface area contributed by atoms with Crippen molar-refractivity contribution in [2.45, 2.75) is 20.1 Å². The van der Waals surface area contributed by atoms with Crippen LogP contribution in [0, 0.1) is 0 Å². The van der Waals surface area contributed by atoms with Crippen LogP contribution in [0.25, 0.3) is 11.3 Å². The van der Waals surface area contributed by atoms with Crippen LogP contribution in [-0.2, 0) is 17.9 Å². The monoisotopic (exact) mass is 228 g/mol. The van der Waals surface area contributed by atoms with Crippen LogP contribution in [0.4, 0.5) is 0 Å². The zero-order chi connectivity index (χ0) is 11.8. The third kappa shape index (κ3) is 1.62. The molecule has 0 N–H and O–H groups in total. The predicted molar refractivity (Wildman–Crippen MR) is 62.7 cm³/mol. The van der Waals surface area contributed by atoms with Gasteiger partial charge in [-0.3, -0.25) is 9.48 Å². The van der Waals surface area contributed by atoms with Gasteiger partial charge in [0.1, 0.15) is 12.4 Å². The summed E-state index contributed by atoms with van der Waals surface area (Å²) in [5.41, 5.74) is 3.04. The molecular weight excluding hydrogens is 216 g/mol. The van der Waals surface area contributed by atoms with E-state index in [4.69, 9.17) is 4.74 Å². The van der Waals surface area contributed by atoms with E-state index in [1.54, 1.807) is 17.8 Å². The molecule has 0 aliphatic carbocycles. The first kappa shape index (κ1) is 10.1. The topological polar surface area (TPSA) is 44.1 Å². The van der Waals surface area contributed by atoms with Crippen molar-refractivity contribution in [3.63, 3.8) is 0 Å². The van der Waals surface area contributed by atoms with Crippen LogP contribution >= 0.6 is 0 Å². The number of carbonyl (C=O) groups excluding carboxylic acids is 1. The van der Waals surface area contributed by atoms with E-state index in [2.05, 4.69) is 5.10 Å². The minimum Gasteiger partial charge on any atom is -0.488 e. The minimum absolute atomic E-state index is 0.0971. The van der Waals surface area contributed by atoms with E-state index in [1.165, 1.54) is 0 Å². The zero-order valence-corrected chi connectivity index (χ0v) is 9.51. The van der Waals surface area contributed by atoms with Crippen molar-refractivity contribution < 1.29 is 9.53 Å². The molecule has 2 heterocycles. The molecular formula is C13H12N2O2. The van der Waals surface area contributed by atoms with Gasteiger partial charge in [-0.15, -0.1) is 0 Å². The minimum atomic E-state index is 0.0971. The lowest BCUT2D eigenvalue weighted by Crippen LogP contribution is -2.12. The third-order valence-electron chi connectivity index (χ3n) is 2.81. The Morgan fingerprint density at radius 2 is 2.29 bits per heavy atom. The molecule has 4 nitrogen and oxygen atoms in total. The molecule has 0 fully saturated rings. The van der Waals surface area contributed by atoms with Crippen LogP contribution in [0.5, 0.6) is 5.75 Å². The second-order valence-corrected chi connectivity index (χ2v) is 4.16. The van der Waals surface area contributed by atoms with Gasteiger partial charge >= 0.3 is 0 Å². The number of ether oxygens (including phenoxy) is 1. The number of ketones is 1. The number of fused-ring (bicyclic) bond motifs is 3. The Bertz CT molecular complexity index is 587. The fourth-order valence-corrected chi connectivity index (χ4v) is 2.12. The van der Waals surface area contributed by atoms with Gasteiger partial charge in [0.2, 0.25) is 0 Å². The molecule has 0 atom stereocenters. The lowest BCUT2D eigenvalue weighted by atomic mass is 10.0. The van der Waals surface area contributed by atoms with E-state index in [1.807, 2.05) is 24.3 Å².